The van der Waals surface area contributed by atoms with Crippen molar-refractivity contribution in [2.75, 3.05) is 0 Å². The van der Waals surface area contributed by atoms with Crippen molar-refractivity contribution in [2.45, 2.75) is 38.5 Å². The summed E-state index contributed by atoms with van der Waals surface area (Å²) >= 11 is 0. The molecule has 0 spiro atoms. The van der Waals surface area contributed by atoms with Crippen molar-refractivity contribution in [1.82, 2.24) is 0 Å². The van der Waals surface area contributed by atoms with Crippen LogP contribution in [0.2, 0.25) is 0 Å². The van der Waals surface area contributed by atoms with Gasteiger partial charge in [-0.25, -0.2) is 0 Å². The molecule has 0 aromatic rings. The average molecular weight is 135 g/mol. The minimum absolute atomic E-state index is 0.907. The zero-order valence-electron chi connectivity index (χ0n) is 6.47. The van der Waals surface area contributed by atoms with Gasteiger partial charge in [0.15, 0.2) is 0 Å². The molecule has 0 unspecified atom stereocenters. The van der Waals surface area contributed by atoms with Crippen LogP contribution in [-0.4, -0.2) is 0 Å². The third-order valence-corrected chi connectivity index (χ3v) is 2.29. The van der Waals surface area contributed by atoms with E-state index >= 15 is 0 Å². The lowest BCUT2D eigenvalue weighted by molar-refractivity contribution is 0.361. The standard InChI is InChI=1S/C10H15/c1-2-3-7-10-8-5-4-6-9-10/h1,3,10H,4-9H2. The van der Waals surface area contributed by atoms with Crippen LogP contribution in [0.5, 0.6) is 0 Å². The lowest BCUT2D eigenvalue weighted by Crippen LogP contribution is -2.04. The highest BCUT2D eigenvalue weighted by Crippen LogP contribution is 2.26. The van der Waals surface area contributed by atoms with Gasteiger partial charge in [-0.3, -0.25) is 0 Å². The van der Waals surface area contributed by atoms with Gasteiger partial charge in [-0.2, -0.15) is 0 Å². The van der Waals surface area contributed by atoms with Crippen LogP contribution < -0.4 is 0 Å². The highest BCUT2D eigenvalue weighted by molar-refractivity contribution is 4.79. The normalized spacial score (nSPS) is 20.0. The molecule has 1 aliphatic carbocycles. The van der Waals surface area contributed by atoms with E-state index in [2.05, 4.69) is 5.73 Å². The summed E-state index contributed by atoms with van der Waals surface area (Å²) in [4.78, 5) is 0. The topological polar surface area (TPSA) is 0 Å². The number of allylic oxidation sites excluding steroid dienone is 1. The summed E-state index contributed by atoms with van der Waals surface area (Å²) in [6.45, 7) is 5.14. The molecule has 1 radical (unpaired) electrons. The van der Waals surface area contributed by atoms with Crippen molar-refractivity contribution in [2.24, 2.45) is 5.92 Å². The van der Waals surface area contributed by atoms with Crippen molar-refractivity contribution in [3.63, 3.8) is 0 Å². The first-order valence-electron chi connectivity index (χ1n) is 4.21. The fraction of sp³-hybridized carbons (Fsp3) is 0.700. The fourth-order valence-electron chi connectivity index (χ4n) is 1.66. The van der Waals surface area contributed by atoms with Gasteiger partial charge in [-0.15, -0.1) is 5.73 Å². The minimum atomic E-state index is 0.907. The molecule has 0 nitrogen and oxygen atoms in total. The molecule has 1 fully saturated rings. The van der Waals surface area contributed by atoms with Crippen molar-refractivity contribution >= 4 is 0 Å². The van der Waals surface area contributed by atoms with Crippen LogP contribution in [0.1, 0.15) is 38.5 Å². The summed E-state index contributed by atoms with van der Waals surface area (Å²) in [5.41, 5.74) is 2.59. The Morgan fingerprint density at radius 2 is 2.00 bits per heavy atom. The van der Waals surface area contributed by atoms with E-state index in [0.717, 1.165) is 12.3 Å². The Bertz CT molecular complexity index is 123. The molecule has 1 saturated carbocycles. The number of hydrogen-bond acceptors (Lipinski definition) is 0. The minimum Gasteiger partial charge on any atom is -0.125 e. The Morgan fingerprint density at radius 1 is 1.30 bits per heavy atom. The average Bonchev–Trinajstić information content (AvgIpc) is 2.03. The summed E-state index contributed by atoms with van der Waals surface area (Å²) in [5, 5.41) is 0. The van der Waals surface area contributed by atoms with Gasteiger partial charge in [0, 0.05) is 0 Å². The summed E-state index contributed by atoms with van der Waals surface area (Å²) in [5.74, 6) is 0.907. The Balaban J connectivity index is 2.19. The molecule has 0 saturated heterocycles. The number of hydrogen-bond donors (Lipinski definition) is 0. The lowest BCUT2D eigenvalue weighted by Gasteiger charge is -2.19. The number of rotatable bonds is 2. The van der Waals surface area contributed by atoms with Crippen LogP contribution in [0.3, 0.4) is 0 Å². The Kier molecular flexibility index (Phi) is 3.32. The van der Waals surface area contributed by atoms with E-state index in [1.165, 1.54) is 32.1 Å². The summed E-state index contributed by atoms with van der Waals surface area (Å²) in [6.07, 6.45) is 10.2. The van der Waals surface area contributed by atoms with Gasteiger partial charge < -0.3 is 0 Å². The largest absolute Gasteiger partial charge is 0.125 e. The van der Waals surface area contributed by atoms with Gasteiger partial charge in [0.1, 0.15) is 0 Å². The predicted molar refractivity (Wildman–Crippen MR) is 43.6 cm³/mol. The van der Waals surface area contributed by atoms with E-state index in [1.54, 1.807) is 0 Å². The van der Waals surface area contributed by atoms with Crippen molar-refractivity contribution in [3.8, 4) is 0 Å². The van der Waals surface area contributed by atoms with Crippen LogP contribution in [0, 0.1) is 12.5 Å². The molecular weight excluding hydrogens is 120 g/mol. The van der Waals surface area contributed by atoms with Crippen LogP contribution >= 0.6 is 0 Å². The fourth-order valence-corrected chi connectivity index (χ4v) is 1.66. The quantitative estimate of drug-likeness (QED) is 0.510. The highest BCUT2D eigenvalue weighted by Gasteiger charge is 2.10. The van der Waals surface area contributed by atoms with E-state index in [4.69, 9.17) is 6.58 Å². The first-order valence-corrected chi connectivity index (χ1v) is 4.21. The van der Waals surface area contributed by atoms with E-state index < -0.39 is 0 Å². The van der Waals surface area contributed by atoms with Gasteiger partial charge in [0.2, 0.25) is 0 Å². The SMILES string of the molecule is [CH]=C=CCC1CCCCC1. The molecule has 55 valence electrons. The molecule has 0 aliphatic heterocycles. The molecule has 0 heterocycles. The maximum Gasteiger partial charge on any atom is -0.0126 e. The second-order valence-corrected chi connectivity index (χ2v) is 3.11. The third-order valence-electron chi connectivity index (χ3n) is 2.29. The van der Waals surface area contributed by atoms with Crippen LogP contribution in [0.4, 0.5) is 0 Å². The molecule has 0 atom stereocenters. The lowest BCUT2D eigenvalue weighted by atomic mass is 9.87. The molecule has 0 aromatic carbocycles. The molecule has 1 rings (SSSR count). The Morgan fingerprint density at radius 3 is 2.60 bits per heavy atom. The first kappa shape index (κ1) is 7.63. The van der Waals surface area contributed by atoms with E-state index in [9.17, 15) is 0 Å². The Hall–Kier alpha value is -0.480. The van der Waals surface area contributed by atoms with Crippen molar-refractivity contribution < 1.29 is 0 Å². The molecule has 0 aromatic heterocycles. The maximum atomic E-state index is 5.14. The van der Waals surface area contributed by atoms with Crippen LogP contribution in [-0.2, 0) is 0 Å². The van der Waals surface area contributed by atoms with Gasteiger partial charge in [-0.1, -0.05) is 32.1 Å². The highest BCUT2D eigenvalue weighted by atomic mass is 14.2. The predicted octanol–water partition coefficient (Wildman–Crippen LogP) is 3.10. The zero-order valence-corrected chi connectivity index (χ0v) is 6.47. The smallest absolute Gasteiger partial charge is 0.0126 e. The first-order chi connectivity index (χ1) is 4.93. The maximum absolute atomic E-state index is 5.14. The third kappa shape index (κ3) is 2.41. The molecule has 1 aliphatic rings. The van der Waals surface area contributed by atoms with Crippen molar-refractivity contribution in [3.05, 3.63) is 18.4 Å². The summed E-state index contributed by atoms with van der Waals surface area (Å²) in [6, 6.07) is 0. The van der Waals surface area contributed by atoms with Gasteiger partial charge in [0.25, 0.3) is 0 Å². The molecule has 0 N–H and O–H groups in total. The van der Waals surface area contributed by atoms with Gasteiger partial charge >= 0.3 is 0 Å². The molecule has 10 heavy (non-hydrogen) atoms. The van der Waals surface area contributed by atoms with Gasteiger partial charge in [0.05, 0.1) is 0 Å². The molecular formula is C10H15. The van der Waals surface area contributed by atoms with Crippen molar-refractivity contribution in [1.29, 1.82) is 0 Å². The summed E-state index contributed by atoms with van der Waals surface area (Å²) < 4.78 is 0. The molecule has 0 heteroatoms. The van der Waals surface area contributed by atoms with Crippen LogP contribution in [0.25, 0.3) is 0 Å². The molecule has 0 amide bonds. The van der Waals surface area contributed by atoms with Crippen LogP contribution in [0.15, 0.2) is 11.8 Å². The second-order valence-electron chi connectivity index (χ2n) is 3.11. The Labute approximate surface area is 63.6 Å². The zero-order chi connectivity index (χ0) is 7.23. The monoisotopic (exact) mass is 135 g/mol. The van der Waals surface area contributed by atoms with E-state index in [-0.39, 0.29) is 0 Å². The summed E-state index contributed by atoms with van der Waals surface area (Å²) in [7, 11) is 0. The van der Waals surface area contributed by atoms with Gasteiger partial charge in [-0.05, 0) is 25.0 Å². The van der Waals surface area contributed by atoms with E-state index in [0.29, 0.717) is 0 Å². The second kappa shape index (κ2) is 4.35. The molecule has 0 bridgehead atoms. The van der Waals surface area contributed by atoms with E-state index in [1.807, 2.05) is 6.08 Å².